The number of nitrogens with one attached hydrogen (secondary N) is 1. The van der Waals surface area contributed by atoms with E-state index in [2.05, 4.69) is 10.5 Å². The number of carbonyl (C=O) groups is 1. The van der Waals surface area contributed by atoms with Gasteiger partial charge in [-0.3, -0.25) is 4.79 Å². The highest BCUT2D eigenvalue weighted by molar-refractivity contribution is 5.98. The Morgan fingerprint density at radius 1 is 1.50 bits per heavy atom. The van der Waals surface area contributed by atoms with Gasteiger partial charge >= 0.3 is 0 Å². The minimum Gasteiger partial charge on any atom is -0.409 e. The molecule has 0 fully saturated rings. The van der Waals surface area contributed by atoms with Crippen LogP contribution >= 0.6 is 0 Å². The zero-order valence-electron chi connectivity index (χ0n) is 11.6. The summed E-state index contributed by atoms with van der Waals surface area (Å²) in [6.45, 7) is 5.26. The molecule has 1 amide bonds. The van der Waals surface area contributed by atoms with Gasteiger partial charge in [0.25, 0.3) is 0 Å². The van der Waals surface area contributed by atoms with Crippen molar-refractivity contribution in [2.75, 3.05) is 11.9 Å². The summed E-state index contributed by atoms with van der Waals surface area (Å²) in [5, 5.41) is 13.6. The third-order valence-corrected chi connectivity index (χ3v) is 2.28. The van der Waals surface area contributed by atoms with Crippen molar-refractivity contribution < 1.29 is 19.1 Å². The van der Waals surface area contributed by atoms with E-state index in [0.29, 0.717) is 0 Å². The summed E-state index contributed by atoms with van der Waals surface area (Å²) in [6, 6.07) is 3.82. The average Bonchev–Trinajstić information content (AvgIpc) is 2.37. The molecule has 0 atom stereocenters. The minimum atomic E-state index is -0.682. The van der Waals surface area contributed by atoms with Crippen LogP contribution in [0.15, 0.2) is 23.4 Å². The van der Waals surface area contributed by atoms with Crippen molar-refractivity contribution in [1.82, 2.24) is 0 Å². The Labute approximate surface area is 116 Å². The van der Waals surface area contributed by atoms with E-state index in [1.165, 1.54) is 12.1 Å². The number of rotatable bonds is 4. The second-order valence-electron chi connectivity index (χ2n) is 5.13. The Morgan fingerprint density at radius 2 is 2.15 bits per heavy atom. The average molecular weight is 283 g/mol. The van der Waals surface area contributed by atoms with Gasteiger partial charge in [0.2, 0.25) is 5.91 Å². The Hall–Kier alpha value is -2.15. The second kappa shape index (κ2) is 6.33. The van der Waals surface area contributed by atoms with E-state index < -0.39 is 17.3 Å². The summed E-state index contributed by atoms with van der Waals surface area (Å²) in [6.07, 6.45) is 0. The van der Waals surface area contributed by atoms with Gasteiger partial charge in [0.1, 0.15) is 12.4 Å². The summed E-state index contributed by atoms with van der Waals surface area (Å²) in [4.78, 5) is 11.6. The monoisotopic (exact) mass is 283 g/mol. The van der Waals surface area contributed by atoms with Crippen molar-refractivity contribution in [3.05, 3.63) is 29.6 Å². The molecule has 0 bridgehead atoms. The van der Waals surface area contributed by atoms with E-state index in [4.69, 9.17) is 15.7 Å². The molecule has 0 saturated carbocycles. The minimum absolute atomic E-state index is 0.00185. The highest BCUT2D eigenvalue weighted by Crippen LogP contribution is 2.16. The Kier molecular flexibility index (Phi) is 5.04. The van der Waals surface area contributed by atoms with Crippen LogP contribution in [0.5, 0.6) is 0 Å². The highest BCUT2D eigenvalue weighted by Gasteiger charge is 2.14. The van der Waals surface area contributed by atoms with Crippen molar-refractivity contribution >= 4 is 17.4 Å². The number of anilines is 1. The van der Waals surface area contributed by atoms with Crippen molar-refractivity contribution in [3.8, 4) is 0 Å². The molecule has 1 rings (SSSR count). The molecule has 0 aromatic heterocycles. The predicted octanol–water partition coefficient (Wildman–Crippen LogP) is 1.67. The fraction of sp³-hybridized carbons (Fsp3) is 0.385. The van der Waals surface area contributed by atoms with E-state index in [0.717, 1.165) is 6.07 Å². The summed E-state index contributed by atoms with van der Waals surface area (Å²) in [7, 11) is 0. The maximum absolute atomic E-state index is 13.7. The first-order valence-corrected chi connectivity index (χ1v) is 5.94. The number of hydrogen-bond acceptors (Lipinski definition) is 4. The first-order valence-electron chi connectivity index (χ1n) is 5.94. The molecule has 6 nitrogen and oxygen atoms in total. The molecule has 1 aromatic carbocycles. The molecule has 0 radical (unpaired) electrons. The van der Waals surface area contributed by atoms with E-state index in [1.54, 1.807) is 0 Å². The molecule has 0 aliphatic heterocycles. The molecular weight excluding hydrogens is 265 g/mol. The normalized spacial score (nSPS) is 12.3. The topological polar surface area (TPSA) is 96.9 Å². The quantitative estimate of drug-likeness (QED) is 0.339. The van der Waals surface area contributed by atoms with Gasteiger partial charge in [-0.25, -0.2) is 4.39 Å². The fourth-order valence-corrected chi connectivity index (χ4v) is 1.30. The lowest BCUT2D eigenvalue weighted by atomic mass is 10.2. The largest absolute Gasteiger partial charge is 0.409 e. The molecule has 0 aliphatic carbocycles. The van der Waals surface area contributed by atoms with Gasteiger partial charge in [-0.1, -0.05) is 5.16 Å². The van der Waals surface area contributed by atoms with Crippen LogP contribution in [-0.4, -0.2) is 29.2 Å². The molecule has 1 aromatic rings. The van der Waals surface area contributed by atoms with Gasteiger partial charge in [-0.15, -0.1) is 0 Å². The Morgan fingerprint density at radius 3 is 2.65 bits per heavy atom. The number of oxime groups is 1. The van der Waals surface area contributed by atoms with Gasteiger partial charge in [-0.2, -0.15) is 0 Å². The van der Waals surface area contributed by atoms with Crippen LogP contribution in [0.1, 0.15) is 26.3 Å². The molecule has 4 N–H and O–H groups in total. The zero-order chi connectivity index (χ0) is 15.3. The summed E-state index contributed by atoms with van der Waals surface area (Å²) in [5.74, 6) is -1.36. The van der Waals surface area contributed by atoms with Crippen LogP contribution in [-0.2, 0) is 9.53 Å². The number of ether oxygens (including phenoxy) is 1. The summed E-state index contributed by atoms with van der Waals surface area (Å²) in [5.41, 5.74) is 5.10. The highest BCUT2D eigenvalue weighted by atomic mass is 19.1. The number of hydrogen-bond donors (Lipinski definition) is 3. The Balaban J connectivity index is 2.72. The first-order chi connectivity index (χ1) is 9.23. The van der Waals surface area contributed by atoms with Crippen LogP contribution in [0.2, 0.25) is 0 Å². The number of benzene rings is 1. The zero-order valence-corrected chi connectivity index (χ0v) is 11.6. The number of nitrogens with zero attached hydrogens (tertiary/aromatic N) is 1. The molecule has 0 aliphatic rings. The fourth-order valence-electron chi connectivity index (χ4n) is 1.30. The van der Waals surface area contributed by atoms with Crippen LogP contribution in [0.4, 0.5) is 10.1 Å². The molecule has 20 heavy (non-hydrogen) atoms. The second-order valence-corrected chi connectivity index (χ2v) is 5.13. The maximum Gasteiger partial charge on any atom is 0.250 e. The third-order valence-electron chi connectivity index (χ3n) is 2.28. The molecule has 0 spiro atoms. The van der Waals surface area contributed by atoms with Crippen LogP contribution in [0.3, 0.4) is 0 Å². The predicted molar refractivity (Wildman–Crippen MR) is 73.2 cm³/mol. The lowest BCUT2D eigenvalue weighted by molar-refractivity contribution is -0.125. The van der Waals surface area contributed by atoms with Crippen LogP contribution < -0.4 is 11.1 Å². The number of amidine groups is 1. The first kappa shape index (κ1) is 15.9. The molecule has 0 unspecified atom stereocenters. The smallest absolute Gasteiger partial charge is 0.250 e. The van der Waals surface area contributed by atoms with Gasteiger partial charge in [0.15, 0.2) is 5.84 Å². The van der Waals surface area contributed by atoms with Gasteiger partial charge < -0.3 is 21.0 Å². The van der Waals surface area contributed by atoms with E-state index in [-0.39, 0.29) is 23.7 Å². The molecule has 0 saturated heterocycles. The molecule has 0 heterocycles. The molecule has 7 heteroatoms. The number of halogens is 1. The van der Waals surface area contributed by atoms with Gasteiger partial charge in [-0.05, 0) is 39.0 Å². The van der Waals surface area contributed by atoms with Crippen molar-refractivity contribution in [1.29, 1.82) is 0 Å². The van der Waals surface area contributed by atoms with Crippen molar-refractivity contribution in [2.45, 2.75) is 26.4 Å². The van der Waals surface area contributed by atoms with Gasteiger partial charge in [0.05, 0.1) is 11.3 Å². The standard InChI is InChI=1S/C13H18FN3O3/c1-13(2,3)20-7-11(18)16-10-5-4-8(6-9(10)14)12(15)17-19/h4-6,19H,7H2,1-3H3,(H2,15,17)(H,16,18). The Bertz CT molecular complexity index is 524. The molecule has 110 valence electrons. The maximum atomic E-state index is 13.7. The lowest BCUT2D eigenvalue weighted by Crippen LogP contribution is -2.27. The van der Waals surface area contributed by atoms with Crippen LogP contribution in [0.25, 0.3) is 0 Å². The number of nitrogens with two attached hydrogens (primary N) is 1. The van der Waals surface area contributed by atoms with E-state index >= 15 is 0 Å². The van der Waals surface area contributed by atoms with Crippen molar-refractivity contribution in [2.24, 2.45) is 10.9 Å². The van der Waals surface area contributed by atoms with Crippen LogP contribution in [0, 0.1) is 5.82 Å². The number of carbonyl (C=O) groups excluding carboxylic acids is 1. The van der Waals surface area contributed by atoms with E-state index in [9.17, 15) is 9.18 Å². The SMILES string of the molecule is CC(C)(C)OCC(=O)Nc1ccc(/C(N)=N/O)cc1F. The summed E-state index contributed by atoms with van der Waals surface area (Å²) < 4.78 is 19.0. The van der Waals surface area contributed by atoms with Crippen molar-refractivity contribution in [3.63, 3.8) is 0 Å². The lowest BCUT2D eigenvalue weighted by Gasteiger charge is -2.19. The number of amides is 1. The summed E-state index contributed by atoms with van der Waals surface area (Å²) >= 11 is 0. The third kappa shape index (κ3) is 4.85. The van der Waals surface area contributed by atoms with E-state index in [1.807, 2.05) is 20.8 Å². The molecular formula is C13H18FN3O3. The van der Waals surface area contributed by atoms with Gasteiger partial charge in [0, 0.05) is 5.56 Å².